The van der Waals surface area contributed by atoms with Gasteiger partial charge in [-0.25, -0.2) is 4.39 Å². The van der Waals surface area contributed by atoms with E-state index < -0.39 is 10.8 Å². The summed E-state index contributed by atoms with van der Waals surface area (Å²) in [6.07, 6.45) is 1.94. The van der Waals surface area contributed by atoms with E-state index in [4.69, 9.17) is 0 Å². The average Bonchev–Trinajstić information content (AvgIpc) is 2.15. The van der Waals surface area contributed by atoms with Gasteiger partial charge in [-0.3, -0.25) is 4.21 Å². The van der Waals surface area contributed by atoms with Gasteiger partial charge in [0.1, 0.15) is 5.82 Å². The van der Waals surface area contributed by atoms with Crippen LogP contribution in [0.1, 0.15) is 0 Å². The van der Waals surface area contributed by atoms with Crippen LogP contribution in [0.5, 0.6) is 0 Å². The van der Waals surface area contributed by atoms with Gasteiger partial charge in [0.25, 0.3) is 0 Å². The van der Waals surface area contributed by atoms with Gasteiger partial charge in [0.2, 0.25) is 0 Å². The van der Waals surface area contributed by atoms with E-state index in [0.29, 0.717) is 10.6 Å². The van der Waals surface area contributed by atoms with Gasteiger partial charge in [0, 0.05) is 11.5 Å². The van der Waals surface area contributed by atoms with Crippen LogP contribution in [-0.2, 0) is 10.8 Å². The molecule has 1 aromatic carbocycles. The zero-order valence-corrected chi connectivity index (χ0v) is 8.96. The van der Waals surface area contributed by atoms with Crippen LogP contribution in [0.2, 0.25) is 0 Å². The molecule has 0 N–H and O–H groups in total. The Morgan fingerprint density at radius 1 is 1.46 bits per heavy atom. The highest BCUT2D eigenvalue weighted by atomic mass is 32.2. The largest absolute Gasteiger partial charge is 0.254 e. The molecule has 1 rings (SSSR count). The first-order valence-corrected chi connectivity index (χ1v) is 6.59. The van der Waals surface area contributed by atoms with Crippen LogP contribution in [0, 0.1) is 5.82 Å². The molecule has 0 bridgehead atoms. The monoisotopic (exact) mass is 218 g/mol. The van der Waals surface area contributed by atoms with Crippen molar-refractivity contribution in [3.05, 3.63) is 30.1 Å². The molecule has 1 aromatic rings. The lowest BCUT2D eigenvalue weighted by atomic mass is 10.3. The molecule has 1 atom stereocenters. The molecular weight excluding hydrogens is 207 g/mol. The molecule has 0 saturated heterocycles. The molecule has 0 aliphatic rings. The van der Waals surface area contributed by atoms with Gasteiger partial charge in [0.15, 0.2) is 0 Å². The first-order chi connectivity index (χ1) is 6.25. The molecule has 0 amide bonds. The number of thioether (sulfide) groups is 1. The number of hydrogen-bond donors (Lipinski definition) is 0. The fraction of sp³-hybridized carbons (Fsp3) is 0.333. The van der Waals surface area contributed by atoms with Gasteiger partial charge < -0.3 is 0 Å². The van der Waals surface area contributed by atoms with Crippen LogP contribution in [0.25, 0.3) is 0 Å². The summed E-state index contributed by atoms with van der Waals surface area (Å²) in [7, 11) is -1.19. The van der Waals surface area contributed by atoms with E-state index in [-0.39, 0.29) is 5.82 Å². The molecule has 13 heavy (non-hydrogen) atoms. The summed E-state index contributed by atoms with van der Waals surface area (Å²) in [6.45, 7) is 0. The van der Waals surface area contributed by atoms with Crippen molar-refractivity contribution in [3.8, 4) is 0 Å². The summed E-state index contributed by atoms with van der Waals surface area (Å²) in [5, 5.41) is 0. The number of benzene rings is 1. The molecule has 4 heteroatoms. The van der Waals surface area contributed by atoms with Gasteiger partial charge in [0.05, 0.1) is 15.7 Å². The Bertz CT molecular complexity index is 301. The Morgan fingerprint density at radius 2 is 2.15 bits per heavy atom. The second-order valence-electron chi connectivity index (χ2n) is 2.47. The first-order valence-electron chi connectivity index (χ1n) is 3.87. The molecule has 1 nitrogen and oxygen atoms in total. The molecule has 0 aromatic heterocycles. The Balaban J connectivity index is 2.71. The van der Waals surface area contributed by atoms with Gasteiger partial charge in [-0.05, 0) is 18.4 Å². The maximum atomic E-state index is 13.1. The lowest BCUT2D eigenvalue weighted by molar-refractivity contribution is 0.595. The minimum atomic E-state index is -1.19. The fourth-order valence-electron chi connectivity index (χ4n) is 0.898. The van der Waals surface area contributed by atoms with E-state index in [2.05, 4.69) is 0 Å². The third-order valence-electron chi connectivity index (χ3n) is 1.55. The second-order valence-corrected chi connectivity index (χ2v) is 5.00. The van der Waals surface area contributed by atoms with Gasteiger partial charge in [-0.1, -0.05) is 12.1 Å². The predicted octanol–water partition coefficient (Wildman–Crippen LogP) is 2.30. The molecule has 0 aliphatic heterocycles. The second kappa shape index (κ2) is 5.40. The average molecular weight is 218 g/mol. The molecule has 0 spiro atoms. The molecule has 0 radical (unpaired) electrons. The van der Waals surface area contributed by atoms with E-state index in [9.17, 15) is 8.60 Å². The van der Waals surface area contributed by atoms with Gasteiger partial charge >= 0.3 is 0 Å². The van der Waals surface area contributed by atoms with Crippen molar-refractivity contribution >= 4 is 22.6 Å². The van der Waals surface area contributed by atoms with Crippen molar-refractivity contribution < 1.29 is 8.60 Å². The smallest absolute Gasteiger partial charge is 0.139 e. The van der Waals surface area contributed by atoms with E-state index >= 15 is 0 Å². The lowest BCUT2D eigenvalue weighted by Gasteiger charge is -2.01. The molecule has 1 unspecified atom stereocenters. The van der Waals surface area contributed by atoms with E-state index in [1.54, 1.807) is 30.0 Å². The summed E-state index contributed by atoms with van der Waals surface area (Å²) in [5.41, 5.74) is 0. The van der Waals surface area contributed by atoms with Crippen molar-refractivity contribution in [2.75, 3.05) is 17.8 Å². The summed E-state index contributed by atoms with van der Waals surface area (Å²) in [4.78, 5) is 0.316. The third kappa shape index (κ3) is 3.12. The quantitative estimate of drug-likeness (QED) is 0.771. The van der Waals surface area contributed by atoms with Crippen LogP contribution in [-0.4, -0.2) is 22.0 Å². The topological polar surface area (TPSA) is 17.1 Å². The highest BCUT2D eigenvalue weighted by Gasteiger charge is 2.07. The highest BCUT2D eigenvalue weighted by Crippen LogP contribution is 2.12. The molecule has 0 fully saturated rings. The third-order valence-corrected chi connectivity index (χ3v) is 3.82. The Morgan fingerprint density at radius 3 is 2.77 bits per heavy atom. The SMILES string of the molecule is CSCCS(=O)c1ccccc1F. The highest BCUT2D eigenvalue weighted by molar-refractivity contribution is 7.99. The first kappa shape index (κ1) is 10.7. The van der Waals surface area contributed by atoms with E-state index in [0.717, 1.165) is 5.75 Å². The molecule has 0 saturated carbocycles. The van der Waals surface area contributed by atoms with Crippen LogP contribution in [0.15, 0.2) is 29.2 Å². The molecule has 0 aliphatic carbocycles. The van der Waals surface area contributed by atoms with Crippen molar-refractivity contribution in [2.45, 2.75) is 4.90 Å². The van der Waals surface area contributed by atoms with Crippen LogP contribution < -0.4 is 0 Å². The maximum absolute atomic E-state index is 13.1. The number of hydrogen-bond acceptors (Lipinski definition) is 2. The zero-order valence-electron chi connectivity index (χ0n) is 7.33. The van der Waals surface area contributed by atoms with E-state index in [1.807, 2.05) is 6.26 Å². The summed E-state index contributed by atoms with van der Waals surface area (Å²) in [5.74, 6) is 0.935. The van der Waals surface area contributed by atoms with E-state index in [1.165, 1.54) is 6.07 Å². The lowest BCUT2D eigenvalue weighted by Crippen LogP contribution is -2.02. The Labute approximate surface area is 84.2 Å². The minimum Gasteiger partial charge on any atom is -0.254 e. The van der Waals surface area contributed by atoms with Gasteiger partial charge in [-0.15, -0.1) is 0 Å². The van der Waals surface area contributed by atoms with Crippen molar-refractivity contribution in [2.24, 2.45) is 0 Å². The zero-order chi connectivity index (χ0) is 9.68. The molecular formula is C9H11FOS2. The van der Waals surface area contributed by atoms with Crippen molar-refractivity contribution in [3.63, 3.8) is 0 Å². The molecule has 0 heterocycles. The molecule has 72 valence electrons. The van der Waals surface area contributed by atoms with Crippen LogP contribution >= 0.6 is 11.8 Å². The van der Waals surface area contributed by atoms with Crippen molar-refractivity contribution in [1.29, 1.82) is 0 Å². The fourth-order valence-corrected chi connectivity index (χ4v) is 2.91. The van der Waals surface area contributed by atoms with Crippen LogP contribution in [0.3, 0.4) is 0 Å². The number of halogens is 1. The standard InChI is InChI=1S/C9H11FOS2/c1-12-6-7-13(11)9-5-3-2-4-8(9)10/h2-5H,6-7H2,1H3. The van der Waals surface area contributed by atoms with Crippen LogP contribution in [0.4, 0.5) is 4.39 Å². The number of rotatable bonds is 4. The van der Waals surface area contributed by atoms with Gasteiger partial charge in [-0.2, -0.15) is 11.8 Å². The summed E-state index contributed by atoms with van der Waals surface area (Å²) < 4.78 is 24.5. The minimum absolute atomic E-state index is 0.316. The Kier molecular flexibility index (Phi) is 4.45. The maximum Gasteiger partial charge on any atom is 0.139 e. The summed E-state index contributed by atoms with van der Waals surface area (Å²) in [6, 6.07) is 6.22. The normalized spacial score (nSPS) is 12.8. The summed E-state index contributed by atoms with van der Waals surface area (Å²) >= 11 is 1.61. The van der Waals surface area contributed by atoms with Crippen molar-refractivity contribution in [1.82, 2.24) is 0 Å². The predicted molar refractivity (Wildman–Crippen MR) is 56.1 cm³/mol. The Hall–Kier alpha value is -0.350.